The minimum atomic E-state index is -0.0750. The Balaban J connectivity index is 0.00000338. The monoisotopic (exact) mass is 472 g/mol. The lowest BCUT2D eigenvalue weighted by atomic mass is 10.0. The molecule has 1 heterocycles. The zero-order valence-electron chi connectivity index (χ0n) is 15.7. The van der Waals surface area contributed by atoms with Gasteiger partial charge in [-0.2, -0.15) is 0 Å². The Morgan fingerprint density at radius 2 is 1.77 bits per heavy atom. The van der Waals surface area contributed by atoms with Crippen molar-refractivity contribution in [3.63, 3.8) is 0 Å². The van der Waals surface area contributed by atoms with Gasteiger partial charge < -0.3 is 10.6 Å². The standard InChI is InChI=1S/C19H28N4O2.HI/c1-14-7-9-16(10-8-14)15(2)13-22-19(20-3)21-11-12-23-17(24)5-4-6-18(23)25;/h7-10,15H,4-6,11-13H2,1-3H3,(H2,20,21,22);1H. The summed E-state index contributed by atoms with van der Waals surface area (Å²) in [5, 5.41) is 6.46. The summed E-state index contributed by atoms with van der Waals surface area (Å²) in [6.45, 7) is 5.87. The molecule has 1 saturated heterocycles. The van der Waals surface area contributed by atoms with E-state index in [1.54, 1.807) is 7.05 Å². The van der Waals surface area contributed by atoms with Crippen LogP contribution >= 0.6 is 24.0 Å². The molecule has 6 nitrogen and oxygen atoms in total. The highest BCUT2D eigenvalue weighted by Crippen LogP contribution is 2.14. The van der Waals surface area contributed by atoms with E-state index in [9.17, 15) is 9.59 Å². The van der Waals surface area contributed by atoms with Crippen LogP contribution in [0.4, 0.5) is 0 Å². The van der Waals surface area contributed by atoms with Crippen LogP contribution in [-0.2, 0) is 9.59 Å². The minimum absolute atomic E-state index is 0. The molecule has 144 valence electrons. The normalized spacial score (nSPS) is 16.1. The first-order valence-corrected chi connectivity index (χ1v) is 8.85. The number of guanidine groups is 1. The fourth-order valence-corrected chi connectivity index (χ4v) is 2.82. The Labute approximate surface area is 172 Å². The zero-order chi connectivity index (χ0) is 18.2. The van der Waals surface area contributed by atoms with Crippen LogP contribution in [0.15, 0.2) is 29.3 Å². The van der Waals surface area contributed by atoms with Crippen LogP contribution in [0.25, 0.3) is 0 Å². The van der Waals surface area contributed by atoms with E-state index in [2.05, 4.69) is 53.7 Å². The number of carbonyl (C=O) groups is 2. The first kappa shape index (κ1) is 22.4. The number of nitrogens with zero attached hydrogens (tertiary/aromatic N) is 2. The van der Waals surface area contributed by atoms with Gasteiger partial charge in [0.25, 0.3) is 0 Å². The number of nitrogens with one attached hydrogen (secondary N) is 2. The number of likely N-dealkylation sites (tertiary alicyclic amines) is 1. The fraction of sp³-hybridized carbons (Fsp3) is 0.526. The molecule has 2 amide bonds. The number of rotatable bonds is 6. The predicted octanol–water partition coefficient (Wildman–Crippen LogP) is 2.42. The van der Waals surface area contributed by atoms with E-state index in [4.69, 9.17) is 0 Å². The first-order chi connectivity index (χ1) is 12.0. The van der Waals surface area contributed by atoms with Gasteiger partial charge in [0.05, 0.1) is 0 Å². The predicted molar refractivity (Wildman–Crippen MR) is 115 cm³/mol. The van der Waals surface area contributed by atoms with Crippen molar-refractivity contribution in [2.45, 2.75) is 39.0 Å². The Morgan fingerprint density at radius 1 is 1.15 bits per heavy atom. The summed E-state index contributed by atoms with van der Waals surface area (Å²) in [6, 6.07) is 8.52. The summed E-state index contributed by atoms with van der Waals surface area (Å²) >= 11 is 0. The molecule has 1 unspecified atom stereocenters. The molecule has 2 rings (SSSR count). The average Bonchev–Trinajstić information content (AvgIpc) is 2.60. The van der Waals surface area contributed by atoms with Crippen molar-refractivity contribution in [3.8, 4) is 0 Å². The third kappa shape index (κ3) is 6.59. The van der Waals surface area contributed by atoms with Gasteiger partial charge in [-0.05, 0) is 24.8 Å². The molecular weight excluding hydrogens is 443 g/mol. The number of hydrogen-bond acceptors (Lipinski definition) is 3. The fourth-order valence-electron chi connectivity index (χ4n) is 2.82. The van der Waals surface area contributed by atoms with Crippen molar-refractivity contribution in [1.82, 2.24) is 15.5 Å². The van der Waals surface area contributed by atoms with Crippen LogP contribution < -0.4 is 10.6 Å². The molecule has 1 fully saturated rings. The molecule has 2 N–H and O–H groups in total. The van der Waals surface area contributed by atoms with E-state index in [-0.39, 0.29) is 35.8 Å². The van der Waals surface area contributed by atoms with E-state index in [0.717, 1.165) is 6.54 Å². The summed E-state index contributed by atoms with van der Waals surface area (Å²) in [7, 11) is 1.71. The molecule has 1 aliphatic rings. The molecule has 0 bridgehead atoms. The lowest BCUT2D eigenvalue weighted by molar-refractivity contribution is -0.147. The number of halogens is 1. The Morgan fingerprint density at radius 3 is 2.35 bits per heavy atom. The number of carbonyl (C=O) groups excluding carboxylic acids is 2. The van der Waals surface area contributed by atoms with Gasteiger partial charge in [0, 0.05) is 39.5 Å². The molecule has 0 saturated carbocycles. The average molecular weight is 472 g/mol. The third-order valence-corrected chi connectivity index (χ3v) is 4.46. The van der Waals surface area contributed by atoms with Crippen LogP contribution in [0.1, 0.15) is 43.2 Å². The third-order valence-electron chi connectivity index (χ3n) is 4.46. The van der Waals surface area contributed by atoms with Gasteiger partial charge in [0.1, 0.15) is 0 Å². The summed E-state index contributed by atoms with van der Waals surface area (Å²) in [6.07, 6.45) is 1.60. The van der Waals surface area contributed by atoms with Gasteiger partial charge >= 0.3 is 0 Å². The maximum Gasteiger partial charge on any atom is 0.229 e. The lowest BCUT2D eigenvalue weighted by Crippen LogP contribution is -2.46. The summed E-state index contributed by atoms with van der Waals surface area (Å²) in [4.78, 5) is 29.1. The molecule has 1 aromatic rings. The van der Waals surface area contributed by atoms with Gasteiger partial charge in [-0.3, -0.25) is 19.5 Å². The first-order valence-electron chi connectivity index (χ1n) is 8.85. The van der Waals surface area contributed by atoms with Crippen LogP contribution in [0.2, 0.25) is 0 Å². The van der Waals surface area contributed by atoms with E-state index in [1.165, 1.54) is 16.0 Å². The second kappa shape index (κ2) is 11.2. The van der Waals surface area contributed by atoms with E-state index >= 15 is 0 Å². The molecule has 1 atom stereocenters. The highest BCUT2D eigenvalue weighted by atomic mass is 127. The van der Waals surface area contributed by atoms with Gasteiger partial charge in [-0.25, -0.2) is 0 Å². The van der Waals surface area contributed by atoms with Gasteiger partial charge in [-0.15, -0.1) is 24.0 Å². The SMILES string of the molecule is CN=C(NCCN1C(=O)CCCC1=O)NCC(C)c1ccc(C)cc1.I. The van der Waals surface area contributed by atoms with Gasteiger partial charge in [0.15, 0.2) is 5.96 Å². The van der Waals surface area contributed by atoms with Gasteiger partial charge in [-0.1, -0.05) is 36.8 Å². The summed E-state index contributed by atoms with van der Waals surface area (Å²) in [5.74, 6) is 0.878. The number of benzene rings is 1. The molecule has 0 radical (unpaired) electrons. The highest BCUT2D eigenvalue weighted by molar-refractivity contribution is 14.0. The van der Waals surface area contributed by atoms with Crippen LogP contribution in [0, 0.1) is 6.92 Å². The van der Waals surface area contributed by atoms with Crippen molar-refractivity contribution >= 4 is 41.8 Å². The van der Waals surface area contributed by atoms with Crippen molar-refractivity contribution in [3.05, 3.63) is 35.4 Å². The lowest BCUT2D eigenvalue weighted by Gasteiger charge is -2.25. The second-order valence-corrected chi connectivity index (χ2v) is 6.48. The van der Waals surface area contributed by atoms with Gasteiger partial charge in [0.2, 0.25) is 11.8 Å². The molecule has 1 aliphatic heterocycles. The molecule has 0 aliphatic carbocycles. The maximum atomic E-state index is 11.8. The number of hydrogen-bond donors (Lipinski definition) is 2. The smallest absolute Gasteiger partial charge is 0.229 e. The second-order valence-electron chi connectivity index (χ2n) is 6.48. The number of aliphatic imine (C=N–C) groups is 1. The molecule has 0 aromatic heterocycles. The van der Waals surface area contributed by atoms with Crippen molar-refractivity contribution in [1.29, 1.82) is 0 Å². The van der Waals surface area contributed by atoms with Crippen molar-refractivity contribution in [2.75, 3.05) is 26.7 Å². The van der Waals surface area contributed by atoms with E-state index in [1.807, 2.05) is 0 Å². The largest absolute Gasteiger partial charge is 0.356 e. The van der Waals surface area contributed by atoms with E-state index in [0.29, 0.717) is 44.2 Å². The molecule has 1 aromatic carbocycles. The number of piperidine rings is 1. The molecule has 0 spiro atoms. The van der Waals surface area contributed by atoms with Crippen LogP contribution in [0.3, 0.4) is 0 Å². The Kier molecular flexibility index (Phi) is 9.61. The highest BCUT2D eigenvalue weighted by Gasteiger charge is 2.25. The maximum absolute atomic E-state index is 11.8. The summed E-state index contributed by atoms with van der Waals surface area (Å²) < 4.78 is 0. The molecular formula is C19H29IN4O2. The minimum Gasteiger partial charge on any atom is -0.356 e. The van der Waals surface area contributed by atoms with Crippen LogP contribution in [0.5, 0.6) is 0 Å². The van der Waals surface area contributed by atoms with E-state index < -0.39 is 0 Å². The number of aryl methyl sites for hydroxylation is 1. The molecule has 7 heteroatoms. The van der Waals surface area contributed by atoms with Crippen molar-refractivity contribution in [2.24, 2.45) is 4.99 Å². The number of imide groups is 1. The molecule has 26 heavy (non-hydrogen) atoms. The van der Waals surface area contributed by atoms with Crippen molar-refractivity contribution < 1.29 is 9.59 Å². The Hall–Kier alpha value is -1.64. The number of amides is 2. The topological polar surface area (TPSA) is 73.8 Å². The quantitative estimate of drug-likeness (QED) is 0.289. The van der Waals surface area contributed by atoms with Crippen LogP contribution in [-0.4, -0.2) is 49.4 Å². The summed E-state index contributed by atoms with van der Waals surface area (Å²) in [5.41, 5.74) is 2.53. The Bertz CT molecular complexity index is 615. The zero-order valence-corrected chi connectivity index (χ0v) is 18.1.